The summed E-state index contributed by atoms with van der Waals surface area (Å²) in [7, 11) is 0. The van der Waals surface area contributed by atoms with Crippen LogP contribution in [0.25, 0.3) is 0 Å². The summed E-state index contributed by atoms with van der Waals surface area (Å²) < 4.78 is 5.06. The van der Waals surface area contributed by atoms with E-state index < -0.39 is 0 Å². The third kappa shape index (κ3) is 7.05. The molecule has 0 spiro atoms. The van der Waals surface area contributed by atoms with E-state index in [9.17, 15) is 4.79 Å². The van der Waals surface area contributed by atoms with Crippen LogP contribution in [0.15, 0.2) is 0 Å². The molecule has 0 heterocycles. The van der Waals surface area contributed by atoms with Gasteiger partial charge in [0, 0.05) is 0 Å². The van der Waals surface area contributed by atoms with Gasteiger partial charge in [0.2, 0.25) is 0 Å². The summed E-state index contributed by atoms with van der Waals surface area (Å²) in [5.41, 5.74) is 0. The van der Waals surface area contributed by atoms with Crippen LogP contribution in [0.4, 0.5) is 0 Å². The molecule has 0 rings (SSSR count). The highest BCUT2D eigenvalue weighted by atomic mass is 79.9. The summed E-state index contributed by atoms with van der Waals surface area (Å²) in [6.45, 7) is 4.75. The second kappa shape index (κ2) is 8.54. The Labute approximate surface area is 89.2 Å². The van der Waals surface area contributed by atoms with Crippen LogP contribution in [0.2, 0.25) is 0 Å². The van der Waals surface area contributed by atoms with Crippen molar-refractivity contribution >= 4 is 21.9 Å². The van der Waals surface area contributed by atoms with Crippen LogP contribution in [0.5, 0.6) is 0 Å². The molecule has 3 heteroatoms. The molecule has 0 aliphatic carbocycles. The zero-order valence-corrected chi connectivity index (χ0v) is 10.1. The van der Waals surface area contributed by atoms with Gasteiger partial charge in [0.25, 0.3) is 0 Å². The van der Waals surface area contributed by atoms with E-state index in [0.717, 1.165) is 32.1 Å². The van der Waals surface area contributed by atoms with Crippen LogP contribution in [0.1, 0.15) is 46.0 Å². The first-order chi connectivity index (χ1) is 6.22. The summed E-state index contributed by atoms with van der Waals surface area (Å²) in [6, 6.07) is 0. The molecule has 0 aliphatic rings. The summed E-state index contributed by atoms with van der Waals surface area (Å²) in [5.74, 6) is -0.109. The van der Waals surface area contributed by atoms with Gasteiger partial charge in [0.1, 0.15) is 4.83 Å². The number of carbonyl (C=O) groups is 1. The molecule has 78 valence electrons. The Bertz CT molecular complexity index is 137. The Balaban J connectivity index is 3.45. The zero-order valence-electron chi connectivity index (χ0n) is 8.51. The quantitative estimate of drug-likeness (QED) is 0.394. The maximum atomic E-state index is 11.3. The van der Waals surface area contributed by atoms with Crippen molar-refractivity contribution in [3.63, 3.8) is 0 Å². The predicted molar refractivity (Wildman–Crippen MR) is 58.1 cm³/mol. The van der Waals surface area contributed by atoms with Gasteiger partial charge in [0.05, 0.1) is 6.61 Å². The third-order valence-corrected chi connectivity index (χ3v) is 2.64. The first-order valence-electron chi connectivity index (χ1n) is 5.03. The highest BCUT2D eigenvalue weighted by molar-refractivity contribution is 9.10. The molecule has 2 nitrogen and oxygen atoms in total. The number of ether oxygens (including phenoxy) is 1. The van der Waals surface area contributed by atoms with Crippen molar-refractivity contribution in [1.29, 1.82) is 0 Å². The topological polar surface area (TPSA) is 26.3 Å². The average Bonchev–Trinajstić information content (AvgIpc) is 2.14. The predicted octanol–water partition coefficient (Wildman–Crippen LogP) is 3.28. The van der Waals surface area contributed by atoms with Gasteiger partial charge in [0.15, 0.2) is 0 Å². The molecule has 0 aromatic carbocycles. The minimum absolute atomic E-state index is 0.107. The van der Waals surface area contributed by atoms with E-state index in [2.05, 4.69) is 29.8 Å². The van der Waals surface area contributed by atoms with Crippen molar-refractivity contribution < 1.29 is 9.53 Å². The highest BCUT2D eigenvalue weighted by Gasteiger charge is 2.14. The van der Waals surface area contributed by atoms with E-state index in [4.69, 9.17) is 4.74 Å². The normalized spacial score (nSPS) is 12.5. The fourth-order valence-electron chi connectivity index (χ4n) is 0.909. The van der Waals surface area contributed by atoms with Crippen LogP contribution in [-0.4, -0.2) is 17.4 Å². The Hall–Kier alpha value is -0.0500. The van der Waals surface area contributed by atoms with Crippen molar-refractivity contribution in [1.82, 2.24) is 0 Å². The number of hydrogen-bond donors (Lipinski definition) is 0. The van der Waals surface area contributed by atoms with Crippen LogP contribution in [0, 0.1) is 0 Å². The third-order valence-electron chi connectivity index (χ3n) is 1.81. The molecule has 0 bridgehead atoms. The fourth-order valence-corrected chi connectivity index (χ4v) is 1.36. The van der Waals surface area contributed by atoms with Crippen molar-refractivity contribution in [2.75, 3.05) is 6.61 Å². The lowest BCUT2D eigenvalue weighted by atomic mass is 10.2. The molecule has 13 heavy (non-hydrogen) atoms. The van der Waals surface area contributed by atoms with E-state index in [1.807, 2.05) is 0 Å². The lowest BCUT2D eigenvalue weighted by Gasteiger charge is -2.08. The molecule has 1 unspecified atom stereocenters. The minimum atomic E-state index is -0.109. The maximum Gasteiger partial charge on any atom is 0.319 e. The summed E-state index contributed by atoms with van der Waals surface area (Å²) >= 11 is 3.32. The van der Waals surface area contributed by atoms with Crippen molar-refractivity contribution in [3.8, 4) is 0 Å². The van der Waals surface area contributed by atoms with Gasteiger partial charge in [-0.25, -0.2) is 0 Å². The van der Waals surface area contributed by atoms with Gasteiger partial charge in [-0.05, 0) is 12.8 Å². The van der Waals surface area contributed by atoms with Gasteiger partial charge < -0.3 is 4.74 Å². The van der Waals surface area contributed by atoms with Gasteiger partial charge in [-0.2, -0.15) is 0 Å². The van der Waals surface area contributed by atoms with Gasteiger partial charge in [-0.1, -0.05) is 49.0 Å². The summed E-state index contributed by atoms with van der Waals surface area (Å²) in [5, 5.41) is 0. The summed E-state index contributed by atoms with van der Waals surface area (Å²) in [6.07, 6.45) is 5.08. The number of halogens is 1. The molecule has 1 atom stereocenters. The van der Waals surface area contributed by atoms with Crippen LogP contribution < -0.4 is 0 Å². The SMILES string of the molecule is CCCCOC(=O)C(Br)CCCC. The molecule has 0 radical (unpaired) electrons. The minimum Gasteiger partial charge on any atom is -0.465 e. The van der Waals surface area contributed by atoms with Crippen molar-refractivity contribution in [3.05, 3.63) is 0 Å². The standard InChI is InChI=1S/C10H19BrO2/c1-3-5-7-9(11)10(12)13-8-6-4-2/h9H,3-8H2,1-2H3. The second-order valence-electron chi connectivity index (χ2n) is 3.13. The van der Waals surface area contributed by atoms with Gasteiger partial charge in [-0.15, -0.1) is 0 Å². The number of unbranched alkanes of at least 4 members (excludes halogenated alkanes) is 2. The number of alkyl halides is 1. The van der Waals surface area contributed by atoms with Gasteiger partial charge in [-0.3, -0.25) is 4.79 Å². The molecule has 0 aromatic heterocycles. The fraction of sp³-hybridized carbons (Fsp3) is 0.900. The number of esters is 1. The van der Waals surface area contributed by atoms with E-state index in [1.54, 1.807) is 0 Å². The lowest BCUT2D eigenvalue weighted by Crippen LogP contribution is -2.17. The van der Waals surface area contributed by atoms with Crippen molar-refractivity contribution in [2.24, 2.45) is 0 Å². The molecule has 0 amide bonds. The van der Waals surface area contributed by atoms with Crippen LogP contribution in [0.3, 0.4) is 0 Å². The van der Waals surface area contributed by atoms with Crippen LogP contribution >= 0.6 is 15.9 Å². The largest absolute Gasteiger partial charge is 0.465 e. The Kier molecular flexibility index (Phi) is 8.51. The molecular weight excluding hydrogens is 232 g/mol. The lowest BCUT2D eigenvalue weighted by molar-refractivity contribution is -0.143. The Morgan fingerprint density at radius 1 is 1.31 bits per heavy atom. The number of rotatable bonds is 7. The van der Waals surface area contributed by atoms with E-state index in [-0.39, 0.29) is 10.8 Å². The molecular formula is C10H19BrO2. The zero-order chi connectivity index (χ0) is 10.1. The first kappa shape index (κ1) is 12.9. The molecule has 0 fully saturated rings. The molecule has 0 aromatic rings. The summed E-state index contributed by atoms with van der Waals surface area (Å²) in [4.78, 5) is 11.1. The number of hydrogen-bond acceptors (Lipinski definition) is 2. The number of carbonyl (C=O) groups excluding carboxylic acids is 1. The van der Waals surface area contributed by atoms with E-state index >= 15 is 0 Å². The maximum absolute atomic E-state index is 11.3. The Morgan fingerprint density at radius 2 is 1.92 bits per heavy atom. The molecule has 0 N–H and O–H groups in total. The second-order valence-corrected chi connectivity index (χ2v) is 4.24. The first-order valence-corrected chi connectivity index (χ1v) is 5.94. The molecule has 0 saturated heterocycles. The molecule has 0 saturated carbocycles. The molecule has 0 aliphatic heterocycles. The van der Waals surface area contributed by atoms with E-state index in [1.165, 1.54) is 0 Å². The smallest absolute Gasteiger partial charge is 0.319 e. The highest BCUT2D eigenvalue weighted by Crippen LogP contribution is 2.11. The average molecular weight is 251 g/mol. The van der Waals surface area contributed by atoms with Crippen molar-refractivity contribution in [2.45, 2.75) is 50.8 Å². The van der Waals surface area contributed by atoms with Crippen LogP contribution in [-0.2, 0) is 9.53 Å². The van der Waals surface area contributed by atoms with Gasteiger partial charge >= 0.3 is 5.97 Å². The monoisotopic (exact) mass is 250 g/mol. The van der Waals surface area contributed by atoms with E-state index in [0.29, 0.717) is 6.61 Å². The Morgan fingerprint density at radius 3 is 2.46 bits per heavy atom.